The summed E-state index contributed by atoms with van der Waals surface area (Å²) < 4.78 is 25.4. The van der Waals surface area contributed by atoms with Gasteiger partial charge in [-0.05, 0) is 33.8 Å². The minimum absolute atomic E-state index is 0.109. The van der Waals surface area contributed by atoms with Gasteiger partial charge in [0.1, 0.15) is 5.82 Å². The topological polar surface area (TPSA) is 44.5 Å². The first-order valence-corrected chi connectivity index (χ1v) is 6.64. The summed E-state index contributed by atoms with van der Waals surface area (Å²) in [6.07, 6.45) is 0. The van der Waals surface area contributed by atoms with Gasteiger partial charge in [-0.15, -0.1) is 0 Å². The van der Waals surface area contributed by atoms with Gasteiger partial charge in [0.15, 0.2) is 0 Å². The predicted molar refractivity (Wildman–Crippen MR) is 77.9 cm³/mol. The van der Waals surface area contributed by atoms with Crippen molar-refractivity contribution in [3.63, 3.8) is 0 Å². The molecule has 1 heterocycles. The highest BCUT2D eigenvalue weighted by Crippen LogP contribution is 2.36. The third kappa shape index (κ3) is 2.93. The number of rotatable bonds is 1. The highest BCUT2D eigenvalue weighted by atomic mass is 19.1. The molecule has 0 atom stereocenters. The molecule has 0 unspecified atom stereocenters. The van der Waals surface area contributed by atoms with Crippen molar-refractivity contribution in [2.75, 3.05) is 5.73 Å². The standard InChI is InChI=1S/C12H17BFNO2.C2H6/c1-11(2)12(3,4)17-13(16-11)8-6-5-7-9(15)10(8)14;1-2/h5-7H,15H2,1-4H3;1-2H3. The van der Waals surface area contributed by atoms with Crippen molar-refractivity contribution in [2.24, 2.45) is 0 Å². The van der Waals surface area contributed by atoms with E-state index in [9.17, 15) is 4.39 Å². The molecule has 0 spiro atoms. The van der Waals surface area contributed by atoms with E-state index in [-0.39, 0.29) is 5.69 Å². The molecule has 0 amide bonds. The summed E-state index contributed by atoms with van der Waals surface area (Å²) in [6, 6.07) is 4.84. The first-order valence-electron chi connectivity index (χ1n) is 6.64. The second kappa shape index (κ2) is 5.51. The highest BCUT2D eigenvalue weighted by molar-refractivity contribution is 6.62. The van der Waals surface area contributed by atoms with Crippen molar-refractivity contribution >= 4 is 18.3 Å². The Bertz CT molecular complexity index is 433. The fourth-order valence-corrected chi connectivity index (χ4v) is 1.72. The average Bonchev–Trinajstić information content (AvgIpc) is 2.54. The molecule has 0 radical (unpaired) electrons. The first-order chi connectivity index (χ1) is 8.74. The van der Waals surface area contributed by atoms with Crippen molar-refractivity contribution < 1.29 is 13.7 Å². The Balaban J connectivity index is 0.000000861. The van der Waals surface area contributed by atoms with Gasteiger partial charge < -0.3 is 15.0 Å². The minimum Gasteiger partial charge on any atom is -0.399 e. The number of benzene rings is 1. The maximum Gasteiger partial charge on any atom is 0.497 e. The molecule has 2 rings (SSSR count). The van der Waals surface area contributed by atoms with Gasteiger partial charge in [0, 0.05) is 5.46 Å². The van der Waals surface area contributed by atoms with Crippen LogP contribution < -0.4 is 11.2 Å². The molecule has 106 valence electrons. The summed E-state index contributed by atoms with van der Waals surface area (Å²) in [5.74, 6) is -0.467. The molecular weight excluding hydrogens is 244 g/mol. The van der Waals surface area contributed by atoms with Gasteiger partial charge in [-0.1, -0.05) is 26.0 Å². The fourth-order valence-electron chi connectivity index (χ4n) is 1.72. The third-order valence-corrected chi connectivity index (χ3v) is 3.57. The van der Waals surface area contributed by atoms with Gasteiger partial charge >= 0.3 is 7.12 Å². The van der Waals surface area contributed by atoms with Gasteiger partial charge in [0.25, 0.3) is 0 Å². The predicted octanol–water partition coefficient (Wildman–Crippen LogP) is 2.73. The normalized spacial score (nSPS) is 19.8. The van der Waals surface area contributed by atoms with E-state index in [1.165, 1.54) is 6.07 Å². The summed E-state index contributed by atoms with van der Waals surface area (Å²) in [7, 11) is -0.705. The largest absolute Gasteiger partial charge is 0.497 e. The van der Waals surface area contributed by atoms with E-state index in [1.54, 1.807) is 12.1 Å². The van der Waals surface area contributed by atoms with Crippen LogP contribution in [0.1, 0.15) is 41.5 Å². The summed E-state index contributed by atoms with van der Waals surface area (Å²) >= 11 is 0. The van der Waals surface area contributed by atoms with Crippen molar-refractivity contribution in [3.05, 3.63) is 24.0 Å². The molecular formula is C14H23BFNO2. The van der Waals surface area contributed by atoms with Crippen LogP contribution in [0.25, 0.3) is 0 Å². The van der Waals surface area contributed by atoms with E-state index in [0.717, 1.165) is 0 Å². The van der Waals surface area contributed by atoms with Crippen molar-refractivity contribution in [3.8, 4) is 0 Å². The van der Waals surface area contributed by atoms with Crippen LogP contribution in [0.5, 0.6) is 0 Å². The lowest BCUT2D eigenvalue weighted by Gasteiger charge is -2.32. The minimum atomic E-state index is -0.705. The highest BCUT2D eigenvalue weighted by Gasteiger charge is 2.52. The molecule has 2 N–H and O–H groups in total. The van der Waals surface area contributed by atoms with Gasteiger partial charge in [-0.2, -0.15) is 0 Å². The quantitative estimate of drug-likeness (QED) is 0.628. The Labute approximate surface area is 115 Å². The van der Waals surface area contributed by atoms with Crippen molar-refractivity contribution in [1.29, 1.82) is 0 Å². The van der Waals surface area contributed by atoms with Crippen LogP contribution in [0.15, 0.2) is 18.2 Å². The summed E-state index contributed by atoms with van der Waals surface area (Å²) in [5, 5.41) is 0. The second-order valence-corrected chi connectivity index (χ2v) is 5.34. The molecule has 5 heteroatoms. The van der Waals surface area contributed by atoms with E-state index >= 15 is 0 Å². The van der Waals surface area contributed by atoms with E-state index in [2.05, 4.69) is 0 Å². The zero-order chi connectivity index (χ0) is 14.8. The number of nitrogen functional groups attached to an aromatic ring is 1. The number of nitrogens with two attached hydrogens (primary N) is 1. The molecule has 1 saturated heterocycles. The first kappa shape index (κ1) is 16.0. The summed E-state index contributed by atoms with van der Waals surface area (Å²) in [5.41, 5.74) is 5.04. The van der Waals surface area contributed by atoms with Crippen molar-refractivity contribution in [2.45, 2.75) is 52.7 Å². The SMILES string of the molecule is CC.CC1(C)OB(c2cccc(N)c2F)OC1(C)C. The number of halogens is 1. The Kier molecular flexibility index (Phi) is 4.64. The summed E-state index contributed by atoms with van der Waals surface area (Å²) in [6.45, 7) is 11.7. The van der Waals surface area contributed by atoms with Crippen LogP contribution in [0.3, 0.4) is 0 Å². The van der Waals surface area contributed by atoms with Crippen LogP contribution in [0.2, 0.25) is 0 Å². The van der Waals surface area contributed by atoms with Gasteiger partial charge in [0.05, 0.1) is 16.9 Å². The van der Waals surface area contributed by atoms with Crippen LogP contribution in [-0.4, -0.2) is 18.3 Å². The maximum absolute atomic E-state index is 13.9. The number of anilines is 1. The Morgan fingerprint density at radius 1 is 1.05 bits per heavy atom. The maximum atomic E-state index is 13.9. The lowest BCUT2D eigenvalue weighted by Crippen LogP contribution is -2.41. The molecule has 0 bridgehead atoms. The van der Waals surface area contributed by atoms with E-state index in [4.69, 9.17) is 15.0 Å². The van der Waals surface area contributed by atoms with Crippen LogP contribution in [0.4, 0.5) is 10.1 Å². The molecule has 0 saturated carbocycles. The molecule has 0 aromatic heterocycles. The molecule has 0 aliphatic carbocycles. The van der Waals surface area contributed by atoms with Crippen LogP contribution in [-0.2, 0) is 9.31 Å². The lowest BCUT2D eigenvalue weighted by molar-refractivity contribution is 0.00578. The van der Waals surface area contributed by atoms with Gasteiger partial charge in [-0.3, -0.25) is 0 Å². The Morgan fingerprint density at radius 2 is 1.53 bits per heavy atom. The average molecular weight is 267 g/mol. The van der Waals surface area contributed by atoms with Crippen molar-refractivity contribution in [1.82, 2.24) is 0 Å². The number of hydrogen-bond acceptors (Lipinski definition) is 3. The Hall–Kier alpha value is -1.07. The van der Waals surface area contributed by atoms with Crippen LogP contribution in [0, 0.1) is 5.82 Å². The smallest absolute Gasteiger partial charge is 0.399 e. The third-order valence-electron chi connectivity index (χ3n) is 3.57. The molecule has 3 nitrogen and oxygen atoms in total. The molecule has 19 heavy (non-hydrogen) atoms. The molecule has 1 aromatic carbocycles. The van der Waals surface area contributed by atoms with Gasteiger partial charge in [0.2, 0.25) is 0 Å². The lowest BCUT2D eigenvalue weighted by atomic mass is 9.78. The zero-order valence-electron chi connectivity index (χ0n) is 12.6. The molecule has 1 fully saturated rings. The van der Waals surface area contributed by atoms with Gasteiger partial charge in [-0.25, -0.2) is 4.39 Å². The van der Waals surface area contributed by atoms with E-state index < -0.39 is 24.1 Å². The second-order valence-electron chi connectivity index (χ2n) is 5.34. The van der Waals surface area contributed by atoms with E-state index in [0.29, 0.717) is 5.46 Å². The monoisotopic (exact) mass is 267 g/mol. The Morgan fingerprint density at radius 3 is 2.00 bits per heavy atom. The number of hydrogen-bond donors (Lipinski definition) is 1. The zero-order valence-corrected chi connectivity index (χ0v) is 12.6. The fraction of sp³-hybridized carbons (Fsp3) is 0.571. The summed E-state index contributed by atoms with van der Waals surface area (Å²) in [4.78, 5) is 0. The molecule has 1 aliphatic heterocycles. The van der Waals surface area contributed by atoms with E-state index in [1.807, 2.05) is 41.5 Å². The van der Waals surface area contributed by atoms with Crippen LogP contribution >= 0.6 is 0 Å². The molecule has 1 aromatic rings. The molecule has 1 aliphatic rings.